The summed E-state index contributed by atoms with van der Waals surface area (Å²) < 4.78 is 52.6. The number of imidazole rings is 1. The molecular formula is C26H27FN6O5S. The molecule has 0 unspecified atom stereocenters. The number of nitrogens with one attached hydrogen (secondary N) is 3. The van der Waals surface area contributed by atoms with Gasteiger partial charge < -0.3 is 25.5 Å². The number of aromatic amines is 1. The van der Waals surface area contributed by atoms with Gasteiger partial charge in [-0.15, -0.1) is 0 Å². The normalized spacial score (nSPS) is 11.2. The first-order chi connectivity index (χ1) is 18.7. The first kappa shape index (κ1) is 27.5. The molecule has 11 nitrogen and oxygen atoms in total. The lowest BCUT2D eigenvalue weighted by molar-refractivity contribution is -0.120. The molecule has 1 amide bonds. The largest absolute Gasteiger partial charge is 0.491 e. The summed E-state index contributed by atoms with van der Waals surface area (Å²) in [5, 5.41) is 2.67. The molecule has 4 aromatic rings. The van der Waals surface area contributed by atoms with Crippen LogP contribution in [0.2, 0.25) is 0 Å². The summed E-state index contributed by atoms with van der Waals surface area (Å²) in [6, 6.07) is 13.6. The van der Waals surface area contributed by atoms with E-state index in [1.165, 1.54) is 36.7 Å². The van der Waals surface area contributed by atoms with Crippen LogP contribution in [0.3, 0.4) is 0 Å². The Morgan fingerprint density at radius 3 is 2.49 bits per heavy atom. The molecule has 0 saturated heterocycles. The molecule has 2 aromatic heterocycles. The van der Waals surface area contributed by atoms with Gasteiger partial charge in [0.05, 0.1) is 29.8 Å². The number of nitrogens with zero attached hydrogens (tertiary/aromatic N) is 2. The molecule has 204 valence electrons. The summed E-state index contributed by atoms with van der Waals surface area (Å²) in [5.41, 5.74) is 7.60. The van der Waals surface area contributed by atoms with E-state index < -0.39 is 15.8 Å². The van der Waals surface area contributed by atoms with Gasteiger partial charge in [0.15, 0.2) is 5.95 Å². The van der Waals surface area contributed by atoms with E-state index in [1.54, 1.807) is 37.4 Å². The number of hydrogen-bond acceptors (Lipinski definition) is 8. The van der Waals surface area contributed by atoms with Crippen LogP contribution < -0.4 is 20.5 Å². The number of hydrogen-bond donors (Lipinski definition) is 4. The van der Waals surface area contributed by atoms with E-state index in [4.69, 9.17) is 15.2 Å². The van der Waals surface area contributed by atoms with Crippen LogP contribution in [0.15, 0.2) is 71.9 Å². The molecule has 0 aliphatic heterocycles. The highest BCUT2D eigenvalue weighted by Crippen LogP contribution is 2.21. The van der Waals surface area contributed by atoms with Crippen LogP contribution in [0, 0.1) is 5.82 Å². The molecule has 2 heterocycles. The Balaban J connectivity index is 1.28. The SMILES string of the molecule is COCCOc1ccc(S(=O)(=O)Nc2ccc(CC(=O)NCc3ccc(-c4cnc(N)[nH]4)cc3F)cn2)cc1. The molecule has 0 aliphatic carbocycles. The van der Waals surface area contributed by atoms with Gasteiger partial charge in [-0.1, -0.05) is 18.2 Å². The molecule has 0 bridgehead atoms. The summed E-state index contributed by atoms with van der Waals surface area (Å²) in [4.78, 5) is 23.2. The first-order valence-electron chi connectivity index (χ1n) is 11.8. The average Bonchev–Trinajstić information content (AvgIpc) is 3.35. The third kappa shape index (κ3) is 7.52. The van der Waals surface area contributed by atoms with Crippen molar-refractivity contribution in [2.75, 3.05) is 30.8 Å². The fraction of sp³-hybridized carbons (Fsp3) is 0.192. The molecule has 5 N–H and O–H groups in total. The third-order valence-corrected chi connectivity index (χ3v) is 6.92. The summed E-state index contributed by atoms with van der Waals surface area (Å²) in [6.45, 7) is 0.765. The van der Waals surface area contributed by atoms with Crippen LogP contribution in [0.1, 0.15) is 11.1 Å². The van der Waals surface area contributed by atoms with Crippen molar-refractivity contribution in [1.82, 2.24) is 20.3 Å². The van der Waals surface area contributed by atoms with Crippen molar-refractivity contribution in [2.45, 2.75) is 17.9 Å². The Labute approximate surface area is 224 Å². The molecule has 0 radical (unpaired) electrons. The van der Waals surface area contributed by atoms with Crippen molar-refractivity contribution in [3.63, 3.8) is 0 Å². The van der Waals surface area contributed by atoms with E-state index in [2.05, 4.69) is 25.0 Å². The second kappa shape index (κ2) is 12.4. The number of sulfonamides is 1. The highest BCUT2D eigenvalue weighted by molar-refractivity contribution is 7.92. The summed E-state index contributed by atoms with van der Waals surface area (Å²) in [5.74, 6) is 0.0267. The third-order valence-electron chi connectivity index (χ3n) is 5.55. The number of ether oxygens (including phenoxy) is 2. The van der Waals surface area contributed by atoms with Gasteiger partial charge in [-0.05, 0) is 42.0 Å². The smallest absolute Gasteiger partial charge is 0.263 e. The molecule has 4 rings (SSSR count). The number of halogens is 1. The van der Waals surface area contributed by atoms with Gasteiger partial charge >= 0.3 is 0 Å². The number of amides is 1. The van der Waals surface area contributed by atoms with Crippen LogP contribution in [0.25, 0.3) is 11.3 Å². The minimum absolute atomic E-state index is 0.00240. The Kier molecular flexibility index (Phi) is 8.74. The Morgan fingerprint density at radius 1 is 1.05 bits per heavy atom. The van der Waals surface area contributed by atoms with Crippen molar-refractivity contribution >= 4 is 27.7 Å². The Bertz CT molecular complexity index is 1530. The van der Waals surface area contributed by atoms with Gasteiger partial charge in [-0.2, -0.15) is 0 Å². The fourth-order valence-electron chi connectivity index (χ4n) is 3.53. The van der Waals surface area contributed by atoms with Gasteiger partial charge in [0, 0.05) is 31.0 Å². The molecular weight excluding hydrogens is 527 g/mol. The van der Waals surface area contributed by atoms with E-state index in [0.717, 1.165) is 0 Å². The second-order valence-electron chi connectivity index (χ2n) is 8.41. The molecule has 2 aromatic carbocycles. The average molecular weight is 555 g/mol. The minimum atomic E-state index is -3.87. The number of aromatic nitrogens is 3. The van der Waals surface area contributed by atoms with E-state index in [-0.39, 0.29) is 35.5 Å². The van der Waals surface area contributed by atoms with Gasteiger partial charge in [0.25, 0.3) is 10.0 Å². The van der Waals surface area contributed by atoms with E-state index >= 15 is 0 Å². The van der Waals surface area contributed by atoms with E-state index in [1.807, 2.05) is 0 Å². The van der Waals surface area contributed by atoms with Crippen molar-refractivity contribution in [2.24, 2.45) is 0 Å². The van der Waals surface area contributed by atoms with Crippen LogP contribution >= 0.6 is 0 Å². The number of benzene rings is 2. The van der Waals surface area contributed by atoms with Crippen molar-refractivity contribution in [1.29, 1.82) is 0 Å². The van der Waals surface area contributed by atoms with Crippen LogP contribution in [0.5, 0.6) is 5.75 Å². The second-order valence-corrected chi connectivity index (χ2v) is 10.1. The molecule has 0 aliphatic rings. The number of rotatable bonds is 12. The lowest BCUT2D eigenvalue weighted by Crippen LogP contribution is -2.25. The minimum Gasteiger partial charge on any atom is -0.491 e. The van der Waals surface area contributed by atoms with Crippen LogP contribution in [0.4, 0.5) is 16.2 Å². The number of H-pyrrole nitrogens is 1. The zero-order chi connectivity index (χ0) is 27.8. The summed E-state index contributed by atoms with van der Waals surface area (Å²) >= 11 is 0. The van der Waals surface area contributed by atoms with Gasteiger partial charge in [0.2, 0.25) is 5.91 Å². The van der Waals surface area contributed by atoms with Gasteiger partial charge in [0.1, 0.15) is 24.0 Å². The topological polar surface area (TPSA) is 161 Å². The van der Waals surface area contributed by atoms with Gasteiger partial charge in [-0.3, -0.25) is 9.52 Å². The predicted octanol–water partition coefficient (Wildman–Crippen LogP) is 2.88. The number of nitrogens with two attached hydrogens (primary N) is 1. The molecule has 13 heteroatoms. The number of carbonyl (C=O) groups excluding carboxylic acids is 1. The fourth-order valence-corrected chi connectivity index (χ4v) is 4.54. The van der Waals surface area contributed by atoms with Crippen LogP contribution in [-0.4, -0.2) is 49.6 Å². The maximum atomic E-state index is 14.5. The standard InChI is InChI=1S/C26H27FN6O5S/c1-37-10-11-38-20-5-7-21(8-6-20)39(35,36)33-24-9-2-17(14-29-24)12-25(34)30-15-19-4-3-18(13-22(19)27)23-16-31-26(28)32-23/h2-9,13-14,16H,10-12,15H2,1H3,(H,29,33)(H,30,34)(H3,28,31,32). The predicted molar refractivity (Wildman–Crippen MR) is 143 cm³/mol. The Hall–Kier alpha value is -4.49. The highest BCUT2D eigenvalue weighted by atomic mass is 32.2. The Morgan fingerprint density at radius 2 is 1.85 bits per heavy atom. The monoisotopic (exact) mass is 554 g/mol. The maximum absolute atomic E-state index is 14.5. The van der Waals surface area contributed by atoms with E-state index in [9.17, 15) is 17.6 Å². The first-order valence-corrected chi connectivity index (χ1v) is 13.3. The van der Waals surface area contributed by atoms with E-state index in [0.29, 0.717) is 41.3 Å². The summed E-state index contributed by atoms with van der Waals surface area (Å²) in [7, 11) is -2.31. The molecule has 0 spiro atoms. The molecule has 0 fully saturated rings. The quantitative estimate of drug-likeness (QED) is 0.194. The van der Waals surface area contributed by atoms with Crippen LogP contribution in [-0.2, 0) is 32.5 Å². The van der Waals surface area contributed by atoms with Crippen molar-refractivity contribution in [3.05, 3.63) is 83.9 Å². The lowest BCUT2D eigenvalue weighted by atomic mass is 10.1. The highest BCUT2D eigenvalue weighted by Gasteiger charge is 2.15. The van der Waals surface area contributed by atoms with Gasteiger partial charge in [-0.25, -0.2) is 22.8 Å². The maximum Gasteiger partial charge on any atom is 0.263 e. The number of methoxy groups -OCH3 is 1. The number of pyridine rings is 1. The van der Waals surface area contributed by atoms with Crippen molar-refractivity contribution < 1.29 is 27.1 Å². The molecule has 39 heavy (non-hydrogen) atoms. The summed E-state index contributed by atoms with van der Waals surface area (Å²) in [6.07, 6.45) is 2.89. The van der Waals surface area contributed by atoms with Crippen molar-refractivity contribution in [3.8, 4) is 17.0 Å². The number of anilines is 2. The molecule has 0 atom stereocenters. The number of nitrogen functional groups attached to an aromatic ring is 1. The molecule has 0 saturated carbocycles. The zero-order valence-corrected chi connectivity index (χ0v) is 21.8. The lowest BCUT2D eigenvalue weighted by Gasteiger charge is -2.10. The number of carbonyl (C=O) groups is 1. The zero-order valence-electron chi connectivity index (χ0n) is 21.0.